The molecule has 3 aromatic rings. The molecule has 108 valence electrons. The molecule has 2 aromatic heterocycles. The van der Waals surface area contributed by atoms with Crippen molar-refractivity contribution in [2.75, 3.05) is 5.73 Å². The third-order valence-electron chi connectivity index (χ3n) is 3.62. The Bertz CT molecular complexity index is 765. The van der Waals surface area contributed by atoms with Gasteiger partial charge in [0.2, 0.25) is 0 Å². The number of benzene rings is 1. The molecule has 2 unspecified atom stereocenters. The Morgan fingerprint density at radius 3 is 2.67 bits per heavy atom. The van der Waals surface area contributed by atoms with Crippen LogP contribution in [-0.4, -0.2) is 19.6 Å². The average Bonchev–Trinajstić information content (AvgIpc) is 2.86. The normalized spacial score (nSPS) is 14.2. The molecule has 0 aliphatic rings. The van der Waals surface area contributed by atoms with Gasteiger partial charge in [-0.3, -0.25) is 4.98 Å². The molecular formula is C16H18N4O. The van der Waals surface area contributed by atoms with Crippen LogP contribution in [0.4, 0.5) is 5.69 Å². The summed E-state index contributed by atoms with van der Waals surface area (Å²) in [6.45, 7) is 3.76. The number of hydrogen-bond donors (Lipinski definition) is 2. The van der Waals surface area contributed by atoms with Crippen LogP contribution in [0.25, 0.3) is 11.0 Å². The summed E-state index contributed by atoms with van der Waals surface area (Å²) in [5.41, 5.74) is 9.14. The Balaban J connectivity index is 2.22. The van der Waals surface area contributed by atoms with Crippen molar-refractivity contribution in [2.24, 2.45) is 0 Å². The van der Waals surface area contributed by atoms with Crippen molar-refractivity contribution in [3.63, 3.8) is 0 Å². The number of pyridine rings is 1. The molecular weight excluding hydrogens is 264 g/mol. The molecule has 21 heavy (non-hydrogen) atoms. The molecule has 0 bridgehead atoms. The van der Waals surface area contributed by atoms with Crippen LogP contribution in [-0.2, 0) is 0 Å². The lowest BCUT2D eigenvalue weighted by atomic mass is 10.2. The highest BCUT2D eigenvalue weighted by Gasteiger charge is 2.20. The van der Waals surface area contributed by atoms with E-state index in [-0.39, 0.29) is 6.04 Å². The van der Waals surface area contributed by atoms with Crippen LogP contribution >= 0.6 is 0 Å². The van der Waals surface area contributed by atoms with E-state index in [0.29, 0.717) is 11.5 Å². The number of rotatable bonds is 3. The molecule has 0 saturated heterocycles. The first kappa shape index (κ1) is 13.6. The molecule has 3 N–H and O–H groups in total. The predicted molar refractivity (Wildman–Crippen MR) is 82.8 cm³/mol. The number of imidazole rings is 1. The first-order valence-electron chi connectivity index (χ1n) is 6.94. The predicted octanol–water partition coefficient (Wildman–Crippen LogP) is 2.68. The fourth-order valence-corrected chi connectivity index (χ4v) is 2.59. The maximum Gasteiger partial charge on any atom is 0.139 e. The highest BCUT2D eigenvalue weighted by atomic mass is 16.3. The van der Waals surface area contributed by atoms with Crippen molar-refractivity contribution < 1.29 is 5.11 Å². The summed E-state index contributed by atoms with van der Waals surface area (Å²) in [5, 5.41) is 10.0. The molecule has 0 fully saturated rings. The smallest absolute Gasteiger partial charge is 0.139 e. The maximum absolute atomic E-state index is 10.0. The van der Waals surface area contributed by atoms with Crippen LogP contribution < -0.4 is 5.73 Å². The second kappa shape index (κ2) is 5.18. The van der Waals surface area contributed by atoms with Gasteiger partial charge in [-0.1, -0.05) is 6.07 Å². The number of fused-ring (bicyclic) bond motifs is 1. The van der Waals surface area contributed by atoms with Gasteiger partial charge in [-0.2, -0.15) is 0 Å². The Morgan fingerprint density at radius 1 is 1.19 bits per heavy atom. The van der Waals surface area contributed by atoms with Gasteiger partial charge in [0.25, 0.3) is 0 Å². The molecule has 0 aliphatic carbocycles. The number of nitrogens with two attached hydrogens (primary N) is 1. The minimum atomic E-state index is -0.662. The fourth-order valence-electron chi connectivity index (χ4n) is 2.59. The van der Waals surface area contributed by atoms with Crippen molar-refractivity contribution in [3.8, 4) is 0 Å². The second-order valence-corrected chi connectivity index (χ2v) is 5.19. The SMILES string of the molecule is CC(O)c1nc2cc(N)ccc2n1C(C)c1ccccn1. The average molecular weight is 282 g/mol. The molecule has 3 rings (SSSR count). The zero-order valence-electron chi connectivity index (χ0n) is 12.1. The molecule has 2 heterocycles. The van der Waals surface area contributed by atoms with E-state index in [1.165, 1.54) is 0 Å². The van der Waals surface area contributed by atoms with Crippen molar-refractivity contribution in [2.45, 2.75) is 26.0 Å². The van der Waals surface area contributed by atoms with Gasteiger partial charge in [0.15, 0.2) is 0 Å². The second-order valence-electron chi connectivity index (χ2n) is 5.19. The largest absolute Gasteiger partial charge is 0.399 e. The van der Waals surface area contributed by atoms with Crippen molar-refractivity contribution in [3.05, 3.63) is 54.1 Å². The van der Waals surface area contributed by atoms with Gasteiger partial charge in [0, 0.05) is 11.9 Å². The minimum Gasteiger partial charge on any atom is -0.399 e. The van der Waals surface area contributed by atoms with Crippen LogP contribution in [0.1, 0.15) is 37.5 Å². The summed E-state index contributed by atoms with van der Waals surface area (Å²) >= 11 is 0. The van der Waals surface area contributed by atoms with E-state index >= 15 is 0 Å². The molecule has 0 amide bonds. The van der Waals surface area contributed by atoms with E-state index in [2.05, 4.69) is 9.97 Å². The van der Waals surface area contributed by atoms with Crippen LogP contribution in [0, 0.1) is 0 Å². The molecule has 0 saturated carbocycles. The Labute approximate surface area is 123 Å². The first-order valence-corrected chi connectivity index (χ1v) is 6.94. The number of aliphatic hydroxyl groups excluding tert-OH is 1. The van der Waals surface area contributed by atoms with E-state index in [1.54, 1.807) is 13.1 Å². The summed E-state index contributed by atoms with van der Waals surface area (Å²) in [5.74, 6) is 0.619. The fraction of sp³-hybridized carbons (Fsp3) is 0.250. The van der Waals surface area contributed by atoms with E-state index < -0.39 is 6.10 Å². The lowest BCUT2D eigenvalue weighted by molar-refractivity contribution is 0.183. The van der Waals surface area contributed by atoms with E-state index in [0.717, 1.165) is 16.7 Å². The molecule has 5 nitrogen and oxygen atoms in total. The van der Waals surface area contributed by atoms with E-state index in [1.807, 2.05) is 47.9 Å². The quantitative estimate of drug-likeness (QED) is 0.724. The summed E-state index contributed by atoms with van der Waals surface area (Å²) < 4.78 is 2.02. The molecule has 5 heteroatoms. The number of aliphatic hydroxyl groups is 1. The van der Waals surface area contributed by atoms with Crippen LogP contribution in [0.5, 0.6) is 0 Å². The third kappa shape index (κ3) is 2.36. The summed E-state index contributed by atoms with van der Waals surface area (Å²) in [6.07, 6.45) is 1.11. The molecule has 0 spiro atoms. The highest BCUT2D eigenvalue weighted by Crippen LogP contribution is 2.28. The van der Waals surface area contributed by atoms with Gasteiger partial charge >= 0.3 is 0 Å². The van der Waals surface area contributed by atoms with Crippen molar-refractivity contribution in [1.29, 1.82) is 0 Å². The van der Waals surface area contributed by atoms with Crippen molar-refractivity contribution >= 4 is 16.7 Å². The summed E-state index contributed by atoms with van der Waals surface area (Å²) in [4.78, 5) is 8.93. The molecule has 0 aliphatic heterocycles. The molecule has 0 radical (unpaired) electrons. The lowest BCUT2D eigenvalue weighted by Crippen LogP contribution is -2.13. The van der Waals surface area contributed by atoms with Gasteiger partial charge in [-0.05, 0) is 44.2 Å². The van der Waals surface area contributed by atoms with E-state index in [9.17, 15) is 5.11 Å². The molecule has 1 aromatic carbocycles. The standard InChI is InChI=1S/C16H18N4O/c1-10(13-5-3-4-8-18-13)20-15-7-6-12(17)9-14(15)19-16(20)11(2)21/h3-11,21H,17H2,1-2H3. The minimum absolute atomic E-state index is 0.0237. The van der Waals surface area contributed by atoms with Gasteiger partial charge in [0.1, 0.15) is 11.9 Å². The number of hydrogen-bond acceptors (Lipinski definition) is 4. The molecule has 2 atom stereocenters. The Morgan fingerprint density at radius 2 is 2.00 bits per heavy atom. The van der Waals surface area contributed by atoms with Gasteiger partial charge in [-0.25, -0.2) is 4.98 Å². The summed E-state index contributed by atoms with van der Waals surface area (Å²) in [6, 6.07) is 11.4. The summed E-state index contributed by atoms with van der Waals surface area (Å²) in [7, 11) is 0. The van der Waals surface area contributed by atoms with Gasteiger partial charge in [0.05, 0.1) is 22.8 Å². The number of aromatic nitrogens is 3. The maximum atomic E-state index is 10.0. The highest BCUT2D eigenvalue weighted by molar-refractivity contribution is 5.80. The number of nitrogens with zero attached hydrogens (tertiary/aromatic N) is 3. The third-order valence-corrected chi connectivity index (χ3v) is 3.62. The Kier molecular flexibility index (Phi) is 3.35. The zero-order valence-corrected chi connectivity index (χ0v) is 12.1. The number of anilines is 1. The van der Waals surface area contributed by atoms with Crippen LogP contribution in [0.15, 0.2) is 42.6 Å². The van der Waals surface area contributed by atoms with Gasteiger partial charge in [-0.15, -0.1) is 0 Å². The monoisotopic (exact) mass is 282 g/mol. The first-order chi connectivity index (χ1) is 10.1. The van der Waals surface area contributed by atoms with Gasteiger partial charge < -0.3 is 15.4 Å². The number of nitrogen functional groups attached to an aromatic ring is 1. The van der Waals surface area contributed by atoms with Crippen LogP contribution in [0.2, 0.25) is 0 Å². The van der Waals surface area contributed by atoms with Crippen LogP contribution in [0.3, 0.4) is 0 Å². The zero-order chi connectivity index (χ0) is 15.0. The topological polar surface area (TPSA) is 77.0 Å². The lowest BCUT2D eigenvalue weighted by Gasteiger charge is -2.18. The van der Waals surface area contributed by atoms with Crippen molar-refractivity contribution in [1.82, 2.24) is 14.5 Å². The Hall–Kier alpha value is -2.40. The van der Waals surface area contributed by atoms with E-state index in [4.69, 9.17) is 5.73 Å².